The van der Waals surface area contributed by atoms with E-state index < -0.39 is 17.0 Å². The van der Waals surface area contributed by atoms with Gasteiger partial charge in [-0.15, -0.1) is 11.3 Å². The van der Waals surface area contributed by atoms with Gasteiger partial charge < -0.3 is 0 Å². The van der Waals surface area contributed by atoms with Gasteiger partial charge in [0.1, 0.15) is 0 Å². The van der Waals surface area contributed by atoms with E-state index in [2.05, 4.69) is 4.98 Å². The van der Waals surface area contributed by atoms with Gasteiger partial charge in [-0.3, -0.25) is 4.79 Å². The highest BCUT2D eigenvalue weighted by Gasteiger charge is 2.35. The minimum atomic E-state index is -4.53. The van der Waals surface area contributed by atoms with E-state index in [0.717, 1.165) is 6.20 Å². The predicted octanol–water partition coefficient (Wildman–Crippen LogP) is 4.05. The van der Waals surface area contributed by atoms with Gasteiger partial charge in [-0.1, -0.05) is 23.7 Å². The molecule has 0 saturated carbocycles. The van der Waals surface area contributed by atoms with E-state index in [1.54, 1.807) is 12.1 Å². The van der Waals surface area contributed by atoms with Crippen LogP contribution in [0, 0.1) is 0 Å². The summed E-state index contributed by atoms with van der Waals surface area (Å²) >= 11 is 6.03. The third-order valence-corrected chi connectivity index (χ3v) is 3.33. The number of hydrogen-bond donors (Lipinski definition) is 0. The number of nitrogens with zero attached hydrogens (tertiary/aromatic N) is 1. The second-order valence-corrected chi connectivity index (χ2v) is 4.83. The third kappa shape index (κ3) is 2.70. The Bertz CT molecular complexity index is 594. The van der Waals surface area contributed by atoms with Crippen LogP contribution < -0.4 is 0 Å². The lowest BCUT2D eigenvalue weighted by atomic mass is 10.1. The van der Waals surface area contributed by atoms with Crippen molar-refractivity contribution >= 4 is 28.7 Å². The van der Waals surface area contributed by atoms with Crippen molar-refractivity contribution in [3.63, 3.8) is 0 Å². The number of ketones is 1. The van der Waals surface area contributed by atoms with Crippen LogP contribution in [0.15, 0.2) is 30.5 Å². The molecule has 0 saturated heterocycles. The van der Waals surface area contributed by atoms with Crippen LogP contribution in [0.25, 0.3) is 0 Å². The first-order valence-corrected chi connectivity index (χ1v) is 5.90. The second-order valence-electron chi connectivity index (χ2n) is 3.37. The maximum atomic E-state index is 12.3. The minimum absolute atomic E-state index is 0.0652. The molecule has 0 atom stereocenters. The lowest BCUT2D eigenvalue weighted by molar-refractivity contribution is -0.137. The maximum Gasteiger partial charge on any atom is 0.443 e. The summed E-state index contributed by atoms with van der Waals surface area (Å²) in [7, 11) is 0. The highest BCUT2D eigenvalue weighted by Crippen LogP contribution is 2.33. The average molecular weight is 292 g/mol. The first-order chi connectivity index (χ1) is 8.38. The van der Waals surface area contributed by atoms with E-state index in [1.807, 2.05) is 0 Å². The summed E-state index contributed by atoms with van der Waals surface area (Å²) in [5, 5.41) is -0.686. The molecule has 2 nitrogen and oxygen atoms in total. The van der Waals surface area contributed by atoms with Crippen LogP contribution in [0.1, 0.15) is 20.2 Å². The fourth-order valence-electron chi connectivity index (χ4n) is 1.28. The Morgan fingerprint density at radius 1 is 1.33 bits per heavy atom. The summed E-state index contributed by atoms with van der Waals surface area (Å²) in [5.41, 5.74) is 0.236. The topological polar surface area (TPSA) is 30.0 Å². The SMILES string of the molecule is O=C(c1cccc(Cl)c1)c1cnc(C(F)(F)F)s1. The molecule has 0 amide bonds. The van der Waals surface area contributed by atoms with Gasteiger partial charge in [0.25, 0.3) is 0 Å². The fourth-order valence-corrected chi connectivity index (χ4v) is 2.22. The van der Waals surface area contributed by atoms with Crippen LogP contribution in [-0.2, 0) is 6.18 Å². The van der Waals surface area contributed by atoms with Crippen molar-refractivity contribution in [2.75, 3.05) is 0 Å². The van der Waals surface area contributed by atoms with E-state index in [0.29, 0.717) is 16.4 Å². The molecule has 0 spiro atoms. The number of alkyl halides is 3. The summed E-state index contributed by atoms with van der Waals surface area (Å²) < 4.78 is 37.0. The van der Waals surface area contributed by atoms with Crippen molar-refractivity contribution in [3.05, 3.63) is 50.9 Å². The molecule has 0 radical (unpaired) electrons. The van der Waals surface area contributed by atoms with Gasteiger partial charge in [-0.05, 0) is 12.1 Å². The smallest absolute Gasteiger partial charge is 0.288 e. The third-order valence-electron chi connectivity index (χ3n) is 2.06. The van der Waals surface area contributed by atoms with Crippen molar-refractivity contribution in [3.8, 4) is 0 Å². The van der Waals surface area contributed by atoms with Crippen molar-refractivity contribution < 1.29 is 18.0 Å². The number of thiazole rings is 1. The normalized spacial score (nSPS) is 11.6. The molecule has 1 aromatic heterocycles. The molecule has 94 valence electrons. The Balaban J connectivity index is 2.33. The molecule has 0 aliphatic heterocycles. The number of halogens is 4. The van der Waals surface area contributed by atoms with Crippen LogP contribution in [0.4, 0.5) is 13.2 Å². The number of aromatic nitrogens is 1. The molecule has 2 rings (SSSR count). The Morgan fingerprint density at radius 3 is 2.61 bits per heavy atom. The average Bonchev–Trinajstić information content (AvgIpc) is 2.77. The molecule has 2 aromatic rings. The lowest BCUT2D eigenvalue weighted by Gasteiger charge is -1.99. The van der Waals surface area contributed by atoms with Crippen LogP contribution in [0.3, 0.4) is 0 Å². The molecule has 0 aliphatic rings. The fraction of sp³-hybridized carbons (Fsp3) is 0.0909. The molecule has 1 heterocycles. The molecule has 1 aromatic carbocycles. The molecular formula is C11H5ClF3NOS. The van der Waals surface area contributed by atoms with E-state index in [4.69, 9.17) is 11.6 Å². The molecule has 0 fully saturated rings. The predicted molar refractivity (Wildman–Crippen MR) is 62.0 cm³/mol. The molecule has 0 unspecified atom stereocenters. The van der Waals surface area contributed by atoms with Gasteiger partial charge in [0.2, 0.25) is 5.78 Å². The highest BCUT2D eigenvalue weighted by atomic mass is 35.5. The molecule has 0 N–H and O–H groups in total. The standard InChI is InChI=1S/C11H5ClF3NOS/c12-7-3-1-2-6(4-7)9(17)8-5-16-10(18-8)11(13,14)15/h1-5H. The van der Waals surface area contributed by atoms with E-state index >= 15 is 0 Å². The number of rotatable bonds is 2. The summed E-state index contributed by atoms with van der Waals surface area (Å²) in [6, 6.07) is 6.02. The Labute approximate surface area is 109 Å². The zero-order valence-electron chi connectivity index (χ0n) is 8.66. The zero-order valence-corrected chi connectivity index (χ0v) is 10.2. The molecular weight excluding hydrogens is 287 g/mol. The largest absolute Gasteiger partial charge is 0.443 e. The van der Waals surface area contributed by atoms with Crippen LogP contribution >= 0.6 is 22.9 Å². The van der Waals surface area contributed by atoms with Gasteiger partial charge in [0.05, 0.1) is 4.88 Å². The van der Waals surface area contributed by atoms with Crippen LogP contribution in [-0.4, -0.2) is 10.8 Å². The summed E-state index contributed by atoms with van der Waals surface area (Å²) in [6.07, 6.45) is -3.60. The molecule has 0 bridgehead atoms. The maximum absolute atomic E-state index is 12.3. The lowest BCUT2D eigenvalue weighted by Crippen LogP contribution is -2.03. The van der Waals surface area contributed by atoms with E-state index in [-0.39, 0.29) is 10.4 Å². The first-order valence-electron chi connectivity index (χ1n) is 4.71. The summed E-state index contributed by atoms with van der Waals surface area (Å²) in [5.74, 6) is -0.523. The van der Waals surface area contributed by atoms with Crippen molar-refractivity contribution in [2.45, 2.75) is 6.18 Å². The van der Waals surface area contributed by atoms with E-state index in [1.165, 1.54) is 12.1 Å². The van der Waals surface area contributed by atoms with Gasteiger partial charge in [-0.2, -0.15) is 13.2 Å². The molecule has 7 heteroatoms. The highest BCUT2D eigenvalue weighted by molar-refractivity contribution is 7.13. The number of benzene rings is 1. The van der Waals surface area contributed by atoms with Gasteiger partial charge in [0, 0.05) is 16.8 Å². The molecule has 0 aliphatic carbocycles. The zero-order chi connectivity index (χ0) is 13.3. The van der Waals surface area contributed by atoms with E-state index in [9.17, 15) is 18.0 Å². The van der Waals surface area contributed by atoms with Crippen LogP contribution in [0.2, 0.25) is 5.02 Å². The number of hydrogen-bond acceptors (Lipinski definition) is 3. The number of carbonyl (C=O) groups excluding carboxylic acids is 1. The number of carbonyl (C=O) groups is 1. The quantitative estimate of drug-likeness (QED) is 0.782. The Morgan fingerprint density at radius 2 is 2.06 bits per heavy atom. The van der Waals surface area contributed by atoms with Crippen molar-refractivity contribution in [1.82, 2.24) is 4.98 Å². The van der Waals surface area contributed by atoms with Crippen molar-refractivity contribution in [1.29, 1.82) is 0 Å². The second kappa shape index (κ2) is 4.70. The van der Waals surface area contributed by atoms with Crippen LogP contribution in [0.5, 0.6) is 0 Å². The Kier molecular flexibility index (Phi) is 3.41. The minimum Gasteiger partial charge on any atom is -0.288 e. The van der Waals surface area contributed by atoms with Gasteiger partial charge in [0.15, 0.2) is 5.01 Å². The Hall–Kier alpha value is -1.40. The molecule has 18 heavy (non-hydrogen) atoms. The van der Waals surface area contributed by atoms with Crippen molar-refractivity contribution in [2.24, 2.45) is 0 Å². The summed E-state index contributed by atoms with van der Waals surface area (Å²) in [4.78, 5) is 15.0. The van der Waals surface area contributed by atoms with Gasteiger partial charge in [-0.25, -0.2) is 4.98 Å². The monoisotopic (exact) mass is 291 g/mol. The first kappa shape index (κ1) is 13.0. The van der Waals surface area contributed by atoms with Gasteiger partial charge >= 0.3 is 6.18 Å². The summed E-state index contributed by atoms with van der Waals surface area (Å²) in [6.45, 7) is 0.